The van der Waals surface area contributed by atoms with Crippen molar-refractivity contribution >= 4 is 34.1 Å². The maximum Gasteiger partial charge on any atom is 0.153 e. The molecule has 1 aliphatic rings. The Morgan fingerprint density at radius 3 is 3.04 bits per heavy atom. The van der Waals surface area contributed by atoms with Crippen LogP contribution >= 0.6 is 11.6 Å². The lowest BCUT2D eigenvalue weighted by molar-refractivity contribution is 0.727. The van der Waals surface area contributed by atoms with Crippen molar-refractivity contribution < 1.29 is 0 Å². The largest absolute Gasteiger partial charge is 0.793 e. The van der Waals surface area contributed by atoms with Crippen LogP contribution in [-0.2, 0) is 0 Å². The highest BCUT2D eigenvalue weighted by molar-refractivity contribution is 6.69. The fourth-order valence-corrected chi connectivity index (χ4v) is 2.87. The van der Waals surface area contributed by atoms with Crippen molar-refractivity contribution in [2.24, 2.45) is 0 Å². The number of hydrogen-bond acceptors (Lipinski definition) is 4. The van der Waals surface area contributed by atoms with E-state index in [1.165, 1.54) is 18.9 Å². The van der Waals surface area contributed by atoms with Gasteiger partial charge < -0.3 is 20.6 Å². The molecular formula is C16H18ClN6-. The number of anilines is 2. The van der Waals surface area contributed by atoms with Gasteiger partial charge in [0.2, 0.25) is 0 Å². The molecule has 0 aromatic carbocycles. The van der Waals surface area contributed by atoms with E-state index in [2.05, 4.69) is 32.1 Å². The highest BCUT2D eigenvalue weighted by Gasteiger charge is 2.21. The number of allylic oxidation sites excluding steroid dienone is 1. The van der Waals surface area contributed by atoms with Crippen LogP contribution in [0.25, 0.3) is 11.1 Å². The molecule has 1 aliphatic heterocycles. The number of pyridine rings is 1. The van der Waals surface area contributed by atoms with Crippen molar-refractivity contribution in [3.05, 3.63) is 47.9 Å². The van der Waals surface area contributed by atoms with Crippen molar-refractivity contribution in [3.8, 4) is 0 Å². The number of halogens is 1. The van der Waals surface area contributed by atoms with Gasteiger partial charge in [-0.2, -0.15) is 0 Å². The van der Waals surface area contributed by atoms with Crippen LogP contribution in [0.5, 0.6) is 0 Å². The van der Waals surface area contributed by atoms with Gasteiger partial charge in [0, 0.05) is 25.0 Å². The lowest BCUT2D eigenvalue weighted by atomic mass is 10.2. The number of nitrogens with zero attached hydrogens (tertiary/aromatic N) is 4. The SMILES string of the molecule is CC1CCCN1c1cccc(N/C(=C/C(=[N-])Cl)c2ncc[nH]2)n1. The molecule has 0 radical (unpaired) electrons. The number of imidazole rings is 1. The second-order valence-electron chi connectivity index (χ2n) is 5.51. The van der Waals surface area contributed by atoms with E-state index in [-0.39, 0.29) is 5.17 Å². The average Bonchev–Trinajstić information content (AvgIpc) is 3.17. The number of nitrogens with one attached hydrogen (secondary N) is 2. The number of H-pyrrole nitrogens is 1. The Morgan fingerprint density at radius 2 is 2.39 bits per heavy atom. The zero-order valence-electron chi connectivity index (χ0n) is 12.8. The van der Waals surface area contributed by atoms with Crippen LogP contribution in [0.4, 0.5) is 11.6 Å². The van der Waals surface area contributed by atoms with Gasteiger partial charge in [0.15, 0.2) is 5.82 Å². The van der Waals surface area contributed by atoms with Crippen molar-refractivity contribution in [3.63, 3.8) is 0 Å². The first kappa shape index (κ1) is 15.6. The van der Waals surface area contributed by atoms with Crippen LogP contribution in [0.1, 0.15) is 25.6 Å². The highest BCUT2D eigenvalue weighted by Crippen LogP contribution is 2.25. The van der Waals surface area contributed by atoms with E-state index in [0.29, 0.717) is 23.4 Å². The molecule has 6 nitrogen and oxygen atoms in total. The first-order valence-electron chi connectivity index (χ1n) is 7.57. The van der Waals surface area contributed by atoms with E-state index in [9.17, 15) is 5.41 Å². The summed E-state index contributed by atoms with van der Waals surface area (Å²) >= 11 is 5.60. The Bertz CT molecular complexity index is 709. The predicted octanol–water partition coefficient (Wildman–Crippen LogP) is 3.45. The molecule has 23 heavy (non-hydrogen) atoms. The lowest BCUT2D eigenvalue weighted by Gasteiger charge is -2.23. The first-order valence-corrected chi connectivity index (χ1v) is 7.95. The van der Waals surface area contributed by atoms with Gasteiger partial charge >= 0.3 is 0 Å². The summed E-state index contributed by atoms with van der Waals surface area (Å²) in [5.74, 6) is 2.18. The summed E-state index contributed by atoms with van der Waals surface area (Å²) in [6, 6.07) is 6.33. The zero-order chi connectivity index (χ0) is 16.2. The van der Waals surface area contributed by atoms with E-state index in [1.54, 1.807) is 12.4 Å². The van der Waals surface area contributed by atoms with Crippen LogP contribution in [0.3, 0.4) is 0 Å². The zero-order valence-corrected chi connectivity index (χ0v) is 13.6. The molecule has 2 aromatic rings. The molecule has 0 amide bonds. The van der Waals surface area contributed by atoms with Gasteiger partial charge in [-0.3, -0.25) is 0 Å². The topological polar surface area (TPSA) is 79.1 Å². The molecule has 2 N–H and O–H groups in total. The summed E-state index contributed by atoms with van der Waals surface area (Å²) < 4.78 is 0. The van der Waals surface area contributed by atoms with Crippen molar-refractivity contribution in [2.75, 3.05) is 16.8 Å². The molecule has 1 unspecified atom stereocenters. The van der Waals surface area contributed by atoms with E-state index in [0.717, 1.165) is 12.4 Å². The minimum Gasteiger partial charge on any atom is -0.793 e. The molecule has 7 heteroatoms. The molecule has 120 valence electrons. The molecule has 1 fully saturated rings. The summed E-state index contributed by atoms with van der Waals surface area (Å²) in [6.45, 7) is 3.23. The molecule has 0 aliphatic carbocycles. The Morgan fingerprint density at radius 1 is 1.52 bits per heavy atom. The molecule has 0 bridgehead atoms. The predicted molar refractivity (Wildman–Crippen MR) is 94.7 cm³/mol. The lowest BCUT2D eigenvalue weighted by Crippen LogP contribution is -2.27. The summed E-state index contributed by atoms with van der Waals surface area (Å²) in [6.07, 6.45) is 7.10. The number of hydrogen-bond donors (Lipinski definition) is 2. The van der Waals surface area contributed by atoms with Crippen LogP contribution < -0.4 is 10.2 Å². The highest BCUT2D eigenvalue weighted by atomic mass is 35.5. The monoisotopic (exact) mass is 329 g/mol. The van der Waals surface area contributed by atoms with Crippen molar-refractivity contribution in [1.82, 2.24) is 15.0 Å². The van der Waals surface area contributed by atoms with Gasteiger partial charge in [-0.05, 0) is 38.0 Å². The van der Waals surface area contributed by atoms with Crippen LogP contribution in [0.15, 0.2) is 36.7 Å². The summed E-state index contributed by atoms with van der Waals surface area (Å²) in [5.41, 5.74) is 0.543. The third kappa shape index (κ3) is 3.71. The maximum absolute atomic E-state index is 9.36. The normalized spacial score (nSPS) is 18.3. The standard InChI is InChI=1S/C16H18ClN6/c1-11-4-3-9-23(11)15-6-2-5-14(22-15)21-12(10-13(17)18)16-19-7-8-20-16/h2,5-8,10-11H,3-4,9H2,1H3,(H,19,20)(H,21,22)/q-1/b12-10+. The Balaban J connectivity index is 1.85. The Labute approximate surface area is 140 Å². The Kier molecular flexibility index (Phi) is 4.62. The first-order chi connectivity index (χ1) is 11.1. The molecular weight excluding hydrogens is 312 g/mol. The Hall–Kier alpha value is -2.34. The van der Waals surface area contributed by atoms with Gasteiger partial charge in [0.25, 0.3) is 0 Å². The number of aromatic amines is 1. The summed E-state index contributed by atoms with van der Waals surface area (Å²) in [4.78, 5) is 14.1. The quantitative estimate of drug-likeness (QED) is 0.823. The van der Waals surface area contributed by atoms with E-state index in [4.69, 9.17) is 11.6 Å². The van der Waals surface area contributed by atoms with Crippen molar-refractivity contribution in [2.45, 2.75) is 25.8 Å². The molecule has 3 heterocycles. The van der Waals surface area contributed by atoms with Crippen molar-refractivity contribution in [1.29, 1.82) is 0 Å². The second-order valence-corrected chi connectivity index (χ2v) is 5.90. The minimum absolute atomic E-state index is 0.326. The van der Waals surface area contributed by atoms with E-state index in [1.807, 2.05) is 18.2 Å². The van der Waals surface area contributed by atoms with Gasteiger partial charge in [-0.25, -0.2) is 9.97 Å². The molecule has 0 spiro atoms. The molecule has 2 aromatic heterocycles. The molecule has 0 saturated carbocycles. The van der Waals surface area contributed by atoms with E-state index >= 15 is 0 Å². The van der Waals surface area contributed by atoms with Crippen LogP contribution in [-0.4, -0.2) is 32.7 Å². The fraction of sp³-hybridized carbons (Fsp3) is 0.312. The van der Waals surface area contributed by atoms with Gasteiger partial charge in [0.1, 0.15) is 11.6 Å². The van der Waals surface area contributed by atoms with Crippen LogP contribution in [0, 0.1) is 0 Å². The van der Waals surface area contributed by atoms with Gasteiger partial charge in [-0.15, -0.1) is 11.6 Å². The molecule has 3 rings (SSSR count). The summed E-state index contributed by atoms with van der Waals surface area (Å²) in [5, 5.41) is 12.2. The second kappa shape index (κ2) is 6.83. The minimum atomic E-state index is -0.326. The van der Waals surface area contributed by atoms with Gasteiger partial charge in [-0.1, -0.05) is 11.2 Å². The van der Waals surface area contributed by atoms with Gasteiger partial charge in [0.05, 0.1) is 5.70 Å². The smallest absolute Gasteiger partial charge is 0.153 e. The molecule has 1 saturated heterocycles. The fourth-order valence-electron chi connectivity index (χ4n) is 2.76. The molecule has 1 atom stereocenters. The summed E-state index contributed by atoms with van der Waals surface area (Å²) in [7, 11) is 0. The van der Waals surface area contributed by atoms with Crippen LogP contribution in [0.2, 0.25) is 0 Å². The maximum atomic E-state index is 9.36. The number of aromatic nitrogens is 3. The number of rotatable bonds is 5. The average molecular weight is 330 g/mol. The van der Waals surface area contributed by atoms with E-state index < -0.39 is 0 Å². The third-order valence-corrected chi connectivity index (χ3v) is 3.97. The third-order valence-electron chi connectivity index (χ3n) is 3.86.